The first-order valence-corrected chi connectivity index (χ1v) is 7.69. The summed E-state index contributed by atoms with van der Waals surface area (Å²) in [5.41, 5.74) is 0.986. The molecule has 2 aliphatic heterocycles. The molecular weight excluding hydrogens is 270 g/mol. The van der Waals surface area contributed by atoms with Gasteiger partial charge in [0.1, 0.15) is 0 Å². The summed E-state index contributed by atoms with van der Waals surface area (Å²) in [6, 6.07) is 1.87. The van der Waals surface area contributed by atoms with E-state index in [9.17, 15) is 4.79 Å². The van der Waals surface area contributed by atoms with Crippen LogP contribution in [0.15, 0.2) is 23.0 Å². The van der Waals surface area contributed by atoms with E-state index < -0.39 is 0 Å². The van der Waals surface area contributed by atoms with Crippen LogP contribution in [0.4, 0.5) is 4.79 Å². The number of carbonyl (C=O) groups excluding carboxylic acids is 1. The fourth-order valence-electron chi connectivity index (χ4n) is 2.89. The van der Waals surface area contributed by atoms with Gasteiger partial charge in [-0.1, -0.05) is 0 Å². The lowest BCUT2D eigenvalue weighted by Crippen LogP contribution is -2.52. The van der Waals surface area contributed by atoms with Gasteiger partial charge < -0.3 is 19.4 Å². The van der Waals surface area contributed by atoms with Crippen LogP contribution in [0, 0.1) is 0 Å². The molecule has 1 unspecified atom stereocenters. The second kappa shape index (κ2) is 6.95. The van der Waals surface area contributed by atoms with Gasteiger partial charge in [-0.2, -0.15) is 0 Å². The van der Waals surface area contributed by atoms with Crippen LogP contribution in [0.2, 0.25) is 0 Å². The molecule has 2 aliphatic rings. The fourth-order valence-corrected chi connectivity index (χ4v) is 2.89. The first kappa shape index (κ1) is 14.4. The Balaban J connectivity index is 1.37. The number of urea groups is 1. The number of rotatable bonds is 4. The number of hydrogen-bond donors (Lipinski definition) is 1. The molecule has 0 bridgehead atoms. The zero-order valence-electron chi connectivity index (χ0n) is 12.3. The lowest BCUT2D eigenvalue weighted by molar-refractivity contribution is 0.0561. The van der Waals surface area contributed by atoms with E-state index in [1.807, 2.05) is 11.0 Å². The van der Waals surface area contributed by atoms with Crippen LogP contribution in [0.5, 0.6) is 0 Å². The van der Waals surface area contributed by atoms with Crippen LogP contribution in [-0.4, -0.2) is 61.3 Å². The van der Waals surface area contributed by atoms with Gasteiger partial charge in [0.2, 0.25) is 0 Å². The van der Waals surface area contributed by atoms with Crippen molar-refractivity contribution in [2.75, 3.05) is 39.3 Å². The average Bonchev–Trinajstić information content (AvgIpc) is 3.19. The molecular formula is C15H23N3O3. The topological polar surface area (TPSA) is 58.0 Å². The Morgan fingerprint density at radius 1 is 1.33 bits per heavy atom. The molecule has 0 aliphatic carbocycles. The van der Waals surface area contributed by atoms with Crippen molar-refractivity contribution in [2.24, 2.45) is 0 Å². The Labute approximate surface area is 125 Å². The number of piperazine rings is 1. The summed E-state index contributed by atoms with van der Waals surface area (Å²) in [6.07, 6.45) is 6.02. The third kappa shape index (κ3) is 3.98. The third-order valence-corrected chi connectivity index (χ3v) is 4.17. The van der Waals surface area contributed by atoms with Gasteiger partial charge in [-0.3, -0.25) is 4.90 Å². The van der Waals surface area contributed by atoms with Gasteiger partial charge in [0, 0.05) is 51.4 Å². The Hall–Kier alpha value is -1.53. The summed E-state index contributed by atoms with van der Waals surface area (Å²) in [6.45, 7) is 5.85. The molecule has 1 aromatic heterocycles. The highest BCUT2D eigenvalue weighted by molar-refractivity contribution is 5.74. The third-order valence-electron chi connectivity index (χ3n) is 4.17. The molecule has 1 N–H and O–H groups in total. The Morgan fingerprint density at radius 3 is 2.86 bits per heavy atom. The van der Waals surface area contributed by atoms with Crippen molar-refractivity contribution in [1.29, 1.82) is 0 Å². The van der Waals surface area contributed by atoms with Crippen molar-refractivity contribution < 1.29 is 13.9 Å². The summed E-state index contributed by atoms with van der Waals surface area (Å²) in [7, 11) is 0. The standard InChI is InChI=1S/C15H23N3O3/c19-15(16-10-13-3-9-20-12-13)18-6-4-17(5-7-18)11-14-2-1-8-21-14/h3,9,12,14H,1-2,4-8,10-11H2,(H,16,19). The summed E-state index contributed by atoms with van der Waals surface area (Å²) in [5.74, 6) is 0. The molecule has 6 nitrogen and oxygen atoms in total. The quantitative estimate of drug-likeness (QED) is 0.909. The van der Waals surface area contributed by atoms with E-state index in [0.717, 1.165) is 44.9 Å². The predicted molar refractivity (Wildman–Crippen MR) is 77.9 cm³/mol. The molecule has 21 heavy (non-hydrogen) atoms. The van der Waals surface area contributed by atoms with Gasteiger partial charge in [0.15, 0.2) is 0 Å². The van der Waals surface area contributed by atoms with E-state index >= 15 is 0 Å². The van der Waals surface area contributed by atoms with E-state index in [4.69, 9.17) is 9.15 Å². The lowest BCUT2D eigenvalue weighted by Gasteiger charge is -2.35. The molecule has 6 heteroatoms. The zero-order chi connectivity index (χ0) is 14.5. The maximum atomic E-state index is 12.1. The largest absolute Gasteiger partial charge is 0.472 e. The Bertz CT molecular complexity index is 435. The van der Waals surface area contributed by atoms with Crippen molar-refractivity contribution in [3.8, 4) is 0 Å². The normalized spacial score (nSPS) is 23.4. The van der Waals surface area contributed by atoms with Crippen LogP contribution in [0.1, 0.15) is 18.4 Å². The Kier molecular flexibility index (Phi) is 4.77. The average molecular weight is 293 g/mol. The number of nitrogens with one attached hydrogen (secondary N) is 1. The summed E-state index contributed by atoms with van der Waals surface area (Å²) < 4.78 is 10.7. The molecule has 2 amide bonds. The van der Waals surface area contributed by atoms with Crippen molar-refractivity contribution in [3.05, 3.63) is 24.2 Å². The van der Waals surface area contributed by atoms with Crippen LogP contribution in [0.3, 0.4) is 0 Å². The van der Waals surface area contributed by atoms with Crippen molar-refractivity contribution in [2.45, 2.75) is 25.5 Å². The number of nitrogens with zero attached hydrogens (tertiary/aromatic N) is 2. The van der Waals surface area contributed by atoms with Crippen LogP contribution in [-0.2, 0) is 11.3 Å². The lowest BCUT2D eigenvalue weighted by atomic mass is 10.2. The highest BCUT2D eigenvalue weighted by atomic mass is 16.5. The van der Waals surface area contributed by atoms with Gasteiger partial charge in [0.05, 0.1) is 18.6 Å². The number of carbonyl (C=O) groups is 1. The van der Waals surface area contributed by atoms with E-state index in [2.05, 4.69) is 10.2 Å². The minimum atomic E-state index is 0.00738. The van der Waals surface area contributed by atoms with Gasteiger partial charge in [-0.25, -0.2) is 4.79 Å². The van der Waals surface area contributed by atoms with Crippen LogP contribution < -0.4 is 5.32 Å². The summed E-state index contributed by atoms with van der Waals surface area (Å²) >= 11 is 0. The molecule has 1 atom stereocenters. The first-order valence-electron chi connectivity index (χ1n) is 7.69. The molecule has 3 rings (SSSR count). The second-order valence-corrected chi connectivity index (χ2v) is 5.71. The molecule has 3 heterocycles. The Morgan fingerprint density at radius 2 is 2.19 bits per heavy atom. The monoisotopic (exact) mass is 293 g/mol. The summed E-state index contributed by atoms with van der Waals surface area (Å²) in [4.78, 5) is 16.4. The minimum absolute atomic E-state index is 0.00738. The number of hydrogen-bond acceptors (Lipinski definition) is 4. The molecule has 0 aromatic carbocycles. The molecule has 2 fully saturated rings. The van der Waals surface area contributed by atoms with Crippen LogP contribution >= 0.6 is 0 Å². The SMILES string of the molecule is O=C(NCc1ccoc1)N1CCN(CC2CCCO2)CC1. The predicted octanol–water partition coefficient (Wildman–Crippen LogP) is 1.29. The van der Waals surface area contributed by atoms with Crippen molar-refractivity contribution in [1.82, 2.24) is 15.1 Å². The van der Waals surface area contributed by atoms with Gasteiger partial charge in [-0.15, -0.1) is 0 Å². The minimum Gasteiger partial charge on any atom is -0.472 e. The zero-order valence-corrected chi connectivity index (χ0v) is 12.3. The molecule has 116 valence electrons. The molecule has 2 saturated heterocycles. The molecule has 0 radical (unpaired) electrons. The van der Waals surface area contributed by atoms with Gasteiger partial charge in [-0.05, 0) is 18.9 Å². The fraction of sp³-hybridized carbons (Fsp3) is 0.667. The number of furan rings is 1. The second-order valence-electron chi connectivity index (χ2n) is 5.71. The maximum Gasteiger partial charge on any atom is 0.317 e. The van der Waals surface area contributed by atoms with Crippen LogP contribution in [0.25, 0.3) is 0 Å². The highest BCUT2D eigenvalue weighted by Gasteiger charge is 2.24. The highest BCUT2D eigenvalue weighted by Crippen LogP contribution is 2.14. The first-order chi connectivity index (χ1) is 10.3. The van der Waals surface area contributed by atoms with E-state index in [-0.39, 0.29) is 6.03 Å². The van der Waals surface area contributed by atoms with Gasteiger partial charge in [0.25, 0.3) is 0 Å². The van der Waals surface area contributed by atoms with Crippen molar-refractivity contribution in [3.63, 3.8) is 0 Å². The van der Waals surface area contributed by atoms with Gasteiger partial charge >= 0.3 is 6.03 Å². The maximum absolute atomic E-state index is 12.1. The molecule has 0 spiro atoms. The van der Waals surface area contributed by atoms with E-state index in [1.165, 1.54) is 12.8 Å². The number of amides is 2. The van der Waals surface area contributed by atoms with E-state index in [1.54, 1.807) is 12.5 Å². The summed E-state index contributed by atoms with van der Waals surface area (Å²) in [5, 5.41) is 2.93. The van der Waals surface area contributed by atoms with Crippen molar-refractivity contribution >= 4 is 6.03 Å². The van der Waals surface area contributed by atoms with E-state index in [0.29, 0.717) is 12.6 Å². The molecule has 1 aromatic rings. The molecule has 0 saturated carbocycles. The smallest absolute Gasteiger partial charge is 0.317 e. The number of ether oxygens (including phenoxy) is 1.